The zero-order valence-corrected chi connectivity index (χ0v) is 12.7. The summed E-state index contributed by atoms with van der Waals surface area (Å²) in [4.78, 5) is 25.2. The predicted octanol–water partition coefficient (Wildman–Crippen LogP) is 1.10. The van der Waals surface area contributed by atoms with Crippen LogP contribution in [0.4, 0.5) is 4.79 Å². The highest BCUT2D eigenvalue weighted by molar-refractivity contribution is 5.82. The zero-order chi connectivity index (χ0) is 15.1. The van der Waals surface area contributed by atoms with Crippen LogP contribution < -0.4 is 11.1 Å². The Bertz CT molecular complexity index is 328. The molecule has 116 valence electrons. The normalized spacial score (nSPS) is 19.3. The van der Waals surface area contributed by atoms with Crippen molar-refractivity contribution in [2.45, 2.75) is 52.1 Å². The van der Waals surface area contributed by atoms with Crippen molar-refractivity contribution in [3.05, 3.63) is 0 Å². The number of nitrogens with zero attached hydrogens (tertiary/aromatic N) is 1. The van der Waals surface area contributed by atoms with Gasteiger partial charge in [-0.25, -0.2) is 4.79 Å². The van der Waals surface area contributed by atoms with Gasteiger partial charge in [-0.2, -0.15) is 0 Å². The lowest BCUT2D eigenvalue weighted by molar-refractivity contribution is -0.124. The van der Waals surface area contributed by atoms with Crippen LogP contribution in [0.5, 0.6) is 0 Å². The zero-order valence-electron chi connectivity index (χ0n) is 12.7. The molecule has 1 aliphatic heterocycles. The van der Waals surface area contributed by atoms with E-state index in [1.807, 2.05) is 13.8 Å². The molecule has 0 aromatic carbocycles. The molecule has 0 unspecified atom stereocenters. The molecule has 0 aromatic heterocycles. The minimum absolute atomic E-state index is 0.0889. The van der Waals surface area contributed by atoms with Crippen LogP contribution in [0.25, 0.3) is 0 Å². The Morgan fingerprint density at radius 1 is 1.35 bits per heavy atom. The minimum Gasteiger partial charge on any atom is -0.450 e. The largest absolute Gasteiger partial charge is 0.450 e. The number of carbonyl (C=O) groups is 2. The third-order valence-corrected chi connectivity index (χ3v) is 3.93. The van der Waals surface area contributed by atoms with E-state index in [1.165, 1.54) is 0 Å². The number of hydrogen-bond acceptors (Lipinski definition) is 4. The Hall–Kier alpha value is -1.30. The van der Waals surface area contributed by atoms with Gasteiger partial charge in [-0.3, -0.25) is 4.79 Å². The van der Waals surface area contributed by atoms with Gasteiger partial charge in [-0.05, 0) is 25.7 Å². The van der Waals surface area contributed by atoms with Crippen LogP contribution in [0.1, 0.15) is 40.0 Å². The maximum absolute atomic E-state index is 12.0. The lowest BCUT2D eigenvalue weighted by Crippen LogP contribution is -2.52. The highest BCUT2D eigenvalue weighted by Gasteiger charge is 2.27. The maximum Gasteiger partial charge on any atom is 0.409 e. The first-order valence-electron chi connectivity index (χ1n) is 7.47. The van der Waals surface area contributed by atoms with E-state index in [1.54, 1.807) is 11.8 Å². The average Bonchev–Trinajstić information content (AvgIpc) is 2.46. The van der Waals surface area contributed by atoms with Gasteiger partial charge in [0.25, 0.3) is 0 Å². The fourth-order valence-electron chi connectivity index (χ4n) is 2.23. The minimum atomic E-state index is -0.455. The third kappa shape index (κ3) is 4.67. The van der Waals surface area contributed by atoms with Crippen molar-refractivity contribution in [2.24, 2.45) is 11.7 Å². The maximum atomic E-state index is 12.0. The standard InChI is InChI=1S/C14H27N3O3/c1-4-10(3)12(15)13(18)16-11-6-8-17(9-7-11)14(19)20-5-2/h10-12H,4-9,15H2,1-3H3,(H,16,18)/t10-,12-/m0/s1. The number of carbonyl (C=O) groups excluding carboxylic acids is 2. The van der Waals surface area contributed by atoms with Crippen molar-refractivity contribution in [2.75, 3.05) is 19.7 Å². The molecule has 0 spiro atoms. The smallest absolute Gasteiger partial charge is 0.409 e. The van der Waals surface area contributed by atoms with Gasteiger partial charge in [0.05, 0.1) is 12.6 Å². The van der Waals surface area contributed by atoms with E-state index >= 15 is 0 Å². The second-order valence-electron chi connectivity index (χ2n) is 5.38. The van der Waals surface area contributed by atoms with Crippen LogP contribution in [-0.2, 0) is 9.53 Å². The molecule has 2 atom stereocenters. The van der Waals surface area contributed by atoms with Crippen molar-refractivity contribution >= 4 is 12.0 Å². The van der Waals surface area contributed by atoms with Crippen molar-refractivity contribution < 1.29 is 14.3 Å². The van der Waals surface area contributed by atoms with E-state index in [9.17, 15) is 9.59 Å². The van der Waals surface area contributed by atoms with Crippen LogP contribution in [0.2, 0.25) is 0 Å². The van der Waals surface area contributed by atoms with Gasteiger partial charge in [0.15, 0.2) is 0 Å². The van der Waals surface area contributed by atoms with E-state index in [2.05, 4.69) is 5.32 Å². The fourth-order valence-corrected chi connectivity index (χ4v) is 2.23. The summed E-state index contributed by atoms with van der Waals surface area (Å²) in [5, 5.41) is 2.98. The Morgan fingerprint density at radius 3 is 2.45 bits per heavy atom. The molecule has 0 bridgehead atoms. The molecule has 6 nitrogen and oxygen atoms in total. The number of hydrogen-bond donors (Lipinski definition) is 2. The highest BCUT2D eigenvalue weighted by atomic mass is 16.6. The molecule has 6 heteroatoms. The Labute approximate surface area is 121 Å². The topological polar surface area (TPSA) is 84.7 Å². The van der Waals surface area contributed by atoms with Gasteiger partial charge in [-0.1, -0.05) is 20.3 Å². The molecular weight excluding hydrogens is 258 g/mol. The van der Waals surface area contributed by atoms with Crippen LogP contribution in [0.15, 0.2) is 0 Å². The van der Waals surface area contributed by atoms with Crippen LogP contribution in [0, 0.1) is 5.92 Å². The first-order valence-corrected chi connectivity index (χ1v) is 7.47. The van der Waals surface area contributed by atoms with Crippen molar-refractivity contribution in [1.29, 1.82) is 0 Å². The molecule has 0 saturated carbocycles. The third-order valence-electron chi connectivity index (χ3n) is 3.93. The fraction of sp³-hybridized carbons (Fsp3) is 0.857. The summed E-state index contributed by atoms with van der Waals surface area (Å²) in [6.07, 6.45) is 2.11. The van der Waals surface area contributed by atoms with E-state index < -0.39 is 6.04 Å². The molecule has 0 aromatic rings. The summed E-state index contributed by atoms with van der Waals surface area (Å²) in [6.45, 7) is 7.41. The Kier molecular flexibility index (Phi) is 6.78. The molecule has 2 amide bonds. The van der Waals surface area contributed by atoms with Crippen molar-refractivity contribution in [3.63, 3.8) is 0 Å². The van der Waals surface area contributed by atoms with Gasteiger partial charge in [0, 0.05) is 19.1 Å². The molecule has 1 saturated heterocycles. The summed E-state index contributed by atoms with van der Waals surface area (Å²) >= 11 is 0. The summed E-state index contributed by atoms with van der Waals surface area (Å²) in [5.74, 6) is 0.0866. The van der Waals surface area contributed by atoms with Gasteiger partial charge in [0.1, 0.15) is 0 Å². The van der Waals surface area contributed by atoms with Crippen molar-refractivity contribution in [3.8, 4) is 0 Å². The predicted molar refractivity (Wildman–Crippen MR) is 77.2 cm³/mol. The SMILES string of the molecule is CCOC(=O)N1CCC(NC(=O)[C@@H](N)[C@@H](C)CC)CC1. The summed E-state index contributed by atoms with van der Waals surface area (Å²) < 4.78 is 4.96. The summed E-state index contributed by atoms with van der Waals surface area (Å²) in [5.41, 5.74) is 5.91. The molecule has 1 heterocycles. The summed E-state index contributed by atoms with van der Waals surface area (Å²) in [7, 11) is 0. The number of nitrogens with two attached hydrogens (primary N) is 1. The summed E-state index contributed by atoms with van der Waals surface area (Å²) in [6, 6.07) is -0.355. The van der Waals surface area contributed by atoms with Gasteiger partial charge in [0.2, 0.25) is 5.91 Å². The number of rotatable bonds is 5. The highest BCUT2D eigenvalue weighted by Crippen LogP contribution is 2.13. The number of piperidine rings is 1. The number of likely N-dealkylation sites (tertiary alicyclic amines) is 1. The Morgan fingerprint density at radius 2 is 1.95 bits per heavy atom. The molecule has 3 N–H and O–H groups in total. The lowest BCUT2D eigenvalue weighted by Gasteiger charge is -2.32. The molecule has 1 aliphatic rings. The molecule has 0 radical (unpaired) electrons. The number of nitrogens with one attached hydrogen (secondary N) is 1. The average molecular weight is 285 g/mol. The van der Waals surface area contributed by atoms with Gasteiger partial charge < -0.3 is 20.7 Å². The molecular formula is C14H27N3O3. The Balaban J connectivity index is 2.35. The molecule has 0 aliphatic carbocycles. The van der Waals surface area contributed by atoms with Crippen LogP contribution in [0.3, 0.4) is 0 Å². The number of ether oxygens (including phenoxy) is 1. The van der Waals surface area contributed by atoms with Gasteiger partial charge >= 0.3 is 6.09 Å². The molecule has 1 rings (SSSR count). The van der Waals surface area contributed by atoms with Crippen molar-refractivity contribution in [1.82, 2.24) is 10.2 Å². The molecule has 1 fully saturated rings. The number of amides is 2. The first kappa shape index (κ1) is 16.8. The van der Waals surface area contributed by atoms with E-state index in [0.29, 0.717) is 19.7 Å². The van der Waals surface area contributed by atoms with Crippen LogP contribution in [-0.4, -0.2) is 48.7 Å². The lowest BCUT2D eigenvalue weighted by atomic mass is 9.98. The monoisotopic (exact) mass is 285 g/mol. The molecule has 20 heavy (non-hydrogen) atoms. The second kappa shape index (κ2) is 8.09. The van der Waals surface area contributed by atoms with Crippen LogP contribution >= 0.6 is 0 Å². The second-order valence-corrected chi connectivity index (χ2v) is 5.38. The van der Waals surface area contributed by atoms with Gasteiger partial charge in [-0.15, -0.1) is 0 Å². The quantitative estimate of drug-likeness (QED) is 0.792. The first-order chi connectivity index (χ1) is 9.49. The van der Waals surface area contributed by atoms with E-state index in [-0.39, 0.29) is 24.0 Å². The van der Waals surface area contributed by atoms with E-state index in [0.717, 1.165) is 19.3 Å². The van der Waals surface area contributed by atoms with E-state index in [4.69, 9.17) is 10.5 Å².